The molecular formula is C20H16ClN3O3. The first kappa shape index (κ1) is 17.3. The van der Waals surface area contributed by atoms with Crippen molar-refractivity contribution in [3.63, 3.8) is 0 Å². The van der Waals surface area contributed by atoms with Gasteiger partial charge in [0.1, 0.15) is 12.0 Å². The molecule has 0 amide bonds. The summed E-state index contributed by atoms with van der Waals surface area (Å²) in [5.41, 5.74) is 2.13. The SMILES string of the molecule is CC(C)Oc1ccc(-c2nc(-n3cc(Cl)c4cc(C=O)ccc43)no2)cc1. The Labute approximate surface area is 160 Å². The predicted molar refractivity (Wildman–Crippen MR) is 103 cm³/mol. The van der Waals surface area contributed by atoms with Crippen molar-refractivity contribution in [1.82, 2.24) is 14.7 Å². The lowest BCUT2D eigenvalue weighted by Gasteiger charge is -2.09. The first-order valence-corrected chi connectivity index (χ1v) is 8.80. The highest BCUT2D eigenvalue weighted by Crippen LogP contribution is 2.29. The summed E-state index contributed by atoms with van der Waals surface area (Å²) in [6, 6.07) is 12.7. The summed E-state index contributed by atoms with van der Waals surface area (Å²) in [6.07, 6.45) is 2.60. The molecule has 0 aliphatic carbocycles. The van der Waals surface area contributed by atoms with Crippen LogP contribution >= 0.6 is 11.6 Å². The second-order valence-electron chi connectivity index (χ2n) is 6.33. The maximum absolute atomic E-state index is 11.0. The molecule has 0 aliphatic rings. The van der Waals surface area contributed by atoms with Gasteiger partial charge in [-0.2, -0.15) is 4.98 Å². The molecule has 0 unspecified atom stereocenters. The van der Waals surface area contributed by atoms with Crippen molar-refractivity contribution < 1.29 is 14.1 Å². The zero-order valence-electron chi connectivity index (χ0n) is 14.7. The molecule has 27 heavy (non-hydrogen) atoms. The van der Waals surface area contributed by atoms with E-state index in [-0.39, 0.29) is 6.10 Å². The van der Waals surface area contributed by atoms with Gasteiger partial charge in [-0.1, -0.05) is 11.6 Å². The number of hydrogen-bond acceptors (Lipinski definition) is 5. The lowest BCUT2D eigenvalue weighted by Crippen LogP contribution is -2.05. The highest BCUT2D eigenvalue weighted by molar-refractivity contribution is 6.35. The van der Waals surface area contributed by atoms with Gasteiger partial charge in [0, 0.05) is 22.7 Å². The number of carbonyl (C=O) groups excluding carboxylic acids is 1. The van der Waals surface area contributed by atoms with Crippen molar-refractivity contribution in [3.05, 3.63) is 59.2 Å². The molecule has 2 aromatic carbocycles. The van der Waals surface area contributed by atoms with Gasteiger partial charge in [0.15, 0.2) is 0 Å². The summed E-state index contributed by atoms with van der Waals surface area (Å²) < 4.78 is 12.8. The third kappa shape index (κ3) is 3.31. The molecule has 2 heterocycles. The number of rotatable bonds is 5. The fourth-order valence-corrected chi connectivity index (χ4v) is 3.07. The Hall–Kier alpha value is -3.12. The van der Waals surface area contributed by atoms with E-state index in [9.17, 15) is 4.79 Å². The van der Waals surface area contributed by atoms with Crippen LogP contribution in [0.15, 0.2) is 53.2 Å². The molecule has 136 valence electrons. The molecule has 0 atom stereocenters. The lowest BCUT2D eigenvalue weighted by atomic mass is 10.2. The minimum atomic E-state index is 0.109. The number of aldehydes is 1. The summed E-state index contributed by atoms with van der Waals surface area (Å²) in [5.74, 6) is 1.54. The highest BCUT2D eigenvalue weighted by Gasteiger charge is 2.15. The monoisotopic (exact) mass is 381 g/mol. The number of carbonyl (C=O) groups is 1. The summed E-state index contributed by atoms with van der Waals surface area (Å²) in [5, 5.41) is 5.32. The van der Waals surface area contributed by atoms with Crippen LogP contribution in [0.5, 0.6) is 5.75 Å². The molecule has 2 aromatic heterocycles. The van der Waals surface area contributed by atoms with E-state index in [2.05, 4.69) is 10.1 Å². The van der Waals surface area contributed by atoms with Gasteiger partial charge in [-0.15, -0.1) is 0 Å². The fraction of sp³-hybridized carbons (Fsp3) is 0.150. The summed E-state index contributed by atoms with van der Waals surface area (Å²) >= 11 is 6.30. The minimum Gasteiger partial charge on any atom is -0.491 e. The van der Waals surface area contributed by atoms with Gasteiger partial charge in [0.05, 0.1) is 16.6 Å². The Bertz CT molecular complexity index is 1110. The molecule has 6 nitrogen and oxygen atoms in total. The average Bonchev–Trinajstić information content (AvgIpc) is 3.27. The molecule has 0 N–H and O–H groups in total. The maximum atomic E-state index is 11.0. The fourth-order valence-electron chi connectivity index (χ4n) is 2.83. The van der Waals surface area contributed by atoms with Crippen molar-refractivity contribution >= 4 is 28.8 Å². The normalized spacial score (nSPS) is 11.3. The van der Waals surface area contributed by atoms with E-state index in [4.69, 9.17) is 20.9 Å². The van der Waals surface area contributed by atoms with Crippen LogP contribution in [0.4, 0.5) is 0 Å². The van der Waals surface area contributed by atoms with Gasteiger partial charge in [-0.25, -0.2) is 0 Å². The second kappa shape index (κ2) is 6.89. The second-order valence-corrected chi connectivity index (χ2v) is 6.74. The molecule has 7 heteroatoms. The molecule has 0 saturated heterocycles. The number of nitrogens with zero attached hydrogens (tertiary/aromatic N) is 3. The zero-order chi connectivity index (χ0) is 19.0. The molecule has 0 bridgehead atoms. The quantitative estimate of drug-likeness (QED) is 0.458. The lowest BCUT2D eigenvalue weighted by molar-refractivity contribution is 0.112. The maximum Gasteiger partial charge on any atom is 0.275 e. The van der Waals surface area contributed by atoms with Gasteiger partial charge in [-0.3, -0.25) is 9.36 Å². The van der Waals surface area contributed by atoms with Gasteiger partial charge < -0.3 is 9.26 Å². The van der Waals surface area contributed by atoms with E-state index < -0.39 is 0 Å². The van der Waals surface area contributed by atoms with Crippen molar-refractivity contribution in [2.75, 3.05) is 0 Å². The molecule has 0 aliphatic heterocycles. The Kier molecular flexibility index (Phi) is 4.41. The van der Waals surface area contributed by atoms with Crippen molar-refractivity contribution in [1.29, 1.82) is 0 Å². The molecule has 0 fully saturated rings. The average molecular weight is 382 g/mol. The number of halogens is 1. The Balaban J connectivity index is 1.69. The standard InChI is InChI=1S/C20H16ClN3O3/c1-12(2)26-15-6-4-14(5-7-15)19-22-20(23-27-19)24-10-17(21)16-9-13(11-25)3-8-18(16)24/h3-12H,1-2H3. The number of aromatic nitrogens is 3. The highest BCUT2D eigenvalue weighted by atomic mass is 35.5. The van der Waals surface area contributed by atoms with Crippen LogP contribution in [0.3, 0.4) is 0 Å². The number of fused-ring (bicyclic) bond motifs is 1. The first-order valence-electron chi connectivity index (χ1n) is 8.42. The first-order chi connectivity index (χ1) is 13.0. The Morgan fingerprint density at radius 3 is 2.67 bits per heavy atom. The summed E-state index contributed by atoms with van der Waals surface area (Å²) in [4.78, 5) is 15.4. The smallest absolute Gasteiger partial charge is 0.275 e. The third-order valence-corrected chi connectivity index (χ3v) is 4.32. The molecule has 0 saturated carbocycles. The van der Waals surface area contributed by atoms with Crippen molar-refractivity contribution in [2.45, 2.75) is 20.0 Å². The van der Waals surface area contributed by atoms with Crippen LogP contribution in [0.2, 0.25) is 5.02 Å². The van der Waals surface area contributed by atoms with Crippen molar-refractivity contribution in [3.8, 4) is 23.2 Å². The third-order valence-electron chi connectivity index (χ3n) is 4.02. The Morgan fingerprint density at radius 2 is 1.96 bits per heavy atom. The van der Waals surface area contributed by atoms with Crippen molar-refractivity contribution in [2.24, 2.45) is 0 Å². The van der Waals surface area contributed by atoms with Gasteiger partial charge >= 0.3 is 0 Å². The molecule has 4 aromatic rings. The van der Waals surface area contributed by atoms with Crippen LogP contribution in [0.1, 0.15) is 24.2 Å². The van der Waals surface area contributed by atoms with E-state index in [0.29, 0.717) is 22.4 Å². The zero-order valence-corrected chi connectivity index (χ0v) is 15.5. The van der Waals surface area contributed by atoms with Crippen LogP contribution in [0.25, 0.3) is 28.3 Å². The van der Waals surface area contributed by atoms with Gasteiger partial charge in [0.25, 0.3) is 11.8 Å². The predicted octanol–water partition coefficient (Wildman–Crippen LogP) is 4.93. The molecule has 0 spiro atoms. The number of hydrogen-bond donors (Lipinski definition) is 0. The summed E-state index contributed by atoms with van der Waals surface area (Å²) in [7, 11) is 0. The number of ether oxygens (including phenoxy) is 1. The van der Waals surface area contributed by atoms with Gasteiger partial charge in [0.2, 0.25) is 0 Å². The molecule has 0 radical (unpaired) electrons. The molecule has 4 rings (SSSR count). The Morgan fingerprint density at radius 1 is 1.19 bits per heavy atom. The van der Waals surface area contributed by atoms with Crippen LogP contribution in [-0.4, -0.2) is 27.1 Å². The van der Waals surface area contributed by atoms with E-state index in [1.165, 1.54) is 0 Å². The summed E-state index contributed by atoms with van der Waals surface area (Å²) in [6.45, 7) is 3.95. The van der Waals surface area contributed by atoms with E-state index in [0.717, 1.165) is 28.5 Å². The molecular weight excluding hydrogens is 366 g/mol. The van der Waals surface area contributed by atoms with E-state index >= 15 is 0 Å². The van der Waals surface area contributed by atoms with Crippen LogP contribution in [0, 0.1) is 0 Å². The van der Waals surface area contributed by atoms with Gasteiger partial charge in [-0.05, 0) is 61.5 Å². The topological polar surface area (TPSA) is 70.2 Å². The van der Waals surface area contributed by atoms with E-state index in [1.807, 2.05) is 38.1 Å². The number of benzene rings is 2. The van der Waals surface area contributed by atoms with Crippen LogP contribution < -0.4 is 4.74 Å². The van der Waals surface area contributed by atoms with E-state index in [1.54, 1.807) is 29.0 Å². The van der Waals surface area contributed by atoms with Crippen LogP contribution in [-0.2, 0) is 0 Å². The largest absolute Gasteiger partial charge is 0.491 e. The minimum absolute atomic E-state index is 0.109.